The summed E-state index contributed by atoms with van der Waals surface area (Å²) >= 11 is 6.14. The molecule has 0 unspecified atom stereocenters. The summed E-state index contributed by atoms with van der Waals surface area (Å²) in [4.78, 5) is 0. The molecule has 4 heteroatoms. The van der Waals surface area contributed by atoms with Crippen molar-refractivity contribution >= 4 is 22.4 Å². The standard InChI is InChI=1S/C17H15ClN2O/c1-11(2)21-15-10-6-5-9-14(15)16-12-7-3-4-8-13(12)17(18)20-19-16/h3-11H,1-2H3. The van der Waals surface area contributed by atoms with Crippen molar-refractivity contribution in [2.45, 2.75) is 20.0 Å². The summed E-state index contributed by atoms with van der Waals surface area (Å²) in [5.41, 5.74) is 1.71. The van der Waals surface area contributed by atoms with Gasteiger partial charge < -0.3 is 4.74 Å². The Labute approximate surface area is 128 Å². The van der Waals surface area contributed by atoms with Crippen LogP contribution in [0.2, 0.25) is 5.15 Å². The van der Waals surface area contributed by atoms with Crippen molar-refractivity contribution in [1.29, 1.82) is 0 Å². The van der Waals surface area contributed by atoms with Gasteiger partial charge in [0.2, 0.25) is 0 Å². The van der Waals surface area contributed by atoms with E-state index in [1.165, 1.54) is 0 Å². The van der Waals surface area contributed by atoms with Gasteiger partial charge in [0.15, 0.2) is 5.15 Å². The zero-order valence-electron chi connectivity index (χ0n) is 11.9. The zero-order valence-corrected chi connectivity index (χ0v) is 12.6. The fraction of sp³-hybridized carbons (Fsp3) is 0.176. The van der Waals surface area contributed by atoms with Crippen molar-refractivity contribution in [3.63, 3.8) is 0 Å². The average Bonchev–Trinajstić information content (AvgIpc) is 2.48. The van der Waals surface area contributed by atoms with Gasteiger partial charge in [0.25, 0.3) is 0 Å². The van der Waals surface area contributed by atoms with Gasteiger partial charge in [0.1, 0.15) is 11.4 Å². The second kappa shape index (κ2) is 5.70. The summed E-state index contributed by atoms with van der Waals surface area (Å²) < 4.78 is 5.88. The first-order valence-corrected chi connectivity index (χ1v) is 7.21. The van der Waals surface area contributed by atoms with E-state index in [9.17, 15) is 0 Å². The van der Waals surface area contributed by atoms with E-state index in [-0.39, 0.29) is 6.10 Å². The van der Waals surface area contributed by atoms with Gasteiger partial charge in [-0.3, -0.25) is 0 Å². The second-order valence-corrected chi connectivity index (χ2v) is 5.41. The minimum Gasteiger partial charge on any atom is -0.490 e. The van der Waals surface area contributed by atoms with Gasteiger partial charge >= 0.3 is 0 Å². The lowest BCUT2D eigenvalue weighted by Crippen LogP contribution is -2.06. The van der Waals surface area contributed by atoms with Crippen LogP contribution in [0.1, 0.15) is 13.8 Å². The fourth-order valence-corrected chi connectivity index (χ4v) is 2.49. The molecule has 106 valence electrons. The van der Waals surface area contributed by atoms with Gasteiger partial charge in [0.05, 0.1) is 6.10 Å². The monoisotopic (exact) mass is 298 g/mol. The van der Waals surface area contributed by atoms with E-state index in [0.717, 1.165) is 27.8 Å². The number of halogens is 1. The van der Waals surface area contributed by atoms with Crippen LogP contribution in [0.15, 0.2) is 48.5 Å². The Morgan fingerprint density at radius 1 is 0.905 bits per heavy atom. The van der Waals surface area contributed by atoms with Gasteiger partial charge in [-0.25, -0.2) is 0 Å². The molecule has 21 heavy (non-hydrogen) atoms. The number of rotatable bonds is 3. The lowest BCUT2D eigenvalue weighted by Gasteiger charge is -2.14. The number of para-hydroxylation sites is 1. The minimum atomic E-state index is 0.0951. The Morgan fingerprint density at radius 2 is 1.57 bits per heavy atom. The lowest BCUT2D eigenvalue weighted by atomic mass is 10.0. The Hall–Kier alpha value is -2.13. The molecule has 0 atom stereocenters. The maximum absolute atomic E-state index is 6.14. The molecule has 0 spiro atoms. The Kier molecular flexibility index (Phi) is 3.76. The first-order chi connectivity index (χ1) is 10.2. The van der Waals surface area contributed by atoms with Crippen molar-refractivity contribution in [2.75, 3.05) is 0 Å². The van der Waals surface area contributed by atoms with Crippen LogP contribution in [0, 0.1) is 0 Å². The number of aromatic nitrogens is 2. The molecular formula is C17H15ClN2O. The molecule has 0 N–H and O–H groups in total. The van der Waals surface area contributed by atoms with Crippen LogP contribution in [0.25, 0.3) is 22.0 Å². The molecule has 0 aliphatic rings. The number of nitrogens with zero attached hydrogens (tertiary/aromatic N) is 2. The van der Waals surface area contributed by atoms with E-state index in [4.69, 9.17) is 16.3 Å². The molecule has 0 aliphatic heterocycles. The van der Waals surface area contributed by atoms with Gasteiger partial charge in [0, 0.05) is 16.3 Å². The Morgan fingerprint density at radius 3 is 2.33 bits per heavy atom. The Bertz CT molecular complexity index is 787. The largest absolute Gasteiger partial charge is 0.490 e. The smallest absolute Gasteiger partial charge is 0.159 e. The van der Waals surface area contributed by atoms with Crippen molar-refractivity contribution in [3.8, 4) is 17.0 Å². The molecular weight excluding hydrogens is 284 g/mol. The predicted octanol–water partition coefficient (Wildman–Crippen LogP) is 4.74. The normalized spacial score (nSPS) is 11.0. The van der Waals surface area contributed by atoms with Crippen LogP contribution in [-0.2, 0) is 0 Å². The quantitative estimate of drug-likeness (QED) is 0.700. The second-order valence-electron chi connectivity index (χ2n) is 5.05. The van der Waals surface area contributed by atoms with E-state index in [1.54, 1.807) is 0 Å². The van der Waals surface area contributed by atoms with Crippen LogP contribution >= 0.6 is 11.6 Å². The summed E-state index contributed by atoms with van der Waals surface area (Å²) in [5.74, 6) is 0.800. The summed E-state index contributed by atoms with van der Waals surface area (Å²) in [5, 5.41) is 10.6. The maximum atomic E-state index is 6.14. The number of benzene rings is 2. The zero-order chi connectivity index (χ0) is 14.8. The molecule has 0 radical (unpaired) electrons. The highest BCUT2D eigenvalue weighted by Crippen LogP contribution is 2.35. The van der Waals surface area contributed by atoms with E-state index in [0.29, 0.717) is 5.15 Å². The summed E-state index contributed by atoms with van der Waals surface area (Å²) in [6.45, 7) is 4.00. The van der Waals surface area contributed by atoms with Crippen molar-refractivity contribution < 1.29 is 4.74 Å². The summed E-state index contributed by atoms with van der Waals surface area (Å²) in [7, 11) is 0. The first-order valence-electron chi connectivity index (χ1n) is 6.84. The number of hydrogen-bond acceptors (Lipinski definition) is 3. The van der Waals surface area contributed by atoms with E-state index in [2.05, 4.69) is 10.2 Å². The van der Waals surface area contributed by atoms with Gasteiger partial charge in [-0.15, -0.1) is 10.2 Å². The molecule has 3 nitrogen and oxygen atoms in total. The SMILES string of the molecule is CC(C)Oc1ccccc1-c1nnc(Cl)c2ccccc12. The van der Waals surface area contributed by atoms with Crippen LogP contribution in [-0.4, -0.2) is 16.3 Å². The molecule has 0 saturated heterocycles. The van der Waals surface area contributed by atoms with E-state index >= 15 is 0 Å². The van der Waals surface area contributed by atoms with Crippen LogP contribution in [0.4, 0.5) is 0 Å². The lowest BCUT2D eigenvalue weighted by molar-refractivity contribution is 0.243. The van der Waals surface area contributed by atoms with E-state index in [1.807, 2.05) is 62.4 Å². The average molecular weight is 299 g/mol. The highest BCUT2D eigenvalue weighted by atomic mass is 35.5. The van der Waals surface area contributed by atoms with E-state index < -0.39 is 0 Å². The summed E-state index contributed by atoms with van der Waals surface area (Å²) in [6, 6.07) is 15.7. The molecule has 1 aromatic heterocycles. The number of hydrogen-bond donors (Lipinski definition) is 0. The van der Waals surface area contributed by atoms with Crippen molar-refractivity contribution in [3.05, 3.63) is 53.7 Å². The molecule has 0 amide bonds. The van der Waals surface area contributed by atoms with Crippen molar-refractivity contribution in [2.24, 2.45) is 0 Å². The van der Waals surface area contributed by atoms with Crippen LogP contribution in [0.3, 0.4) is 0 Å². The van der Waals surface area contributed by atoms with Gasteiger partial charge in [-0.2, -0.15) is 0 Å². The molecule has 0 saturated carbocycles. The Balaban J connectivity index is 2.24. The number of fused-ring (bicyclic) bond motifs is 1. The maximum Gasteiger partial charge on any atom is 0.159 e. The topological polar surface area (TPSA) is 35.0 Å². The third-order valence-corrected chi connectivity index (χ3v) is 3.43. The highest BCUT2D eigenvalue weighted by molar-refractivity contribution is 6.34. The summed E-state index contributed by atoms with van der Waals surface area (Å²) in [6.07, 6.45) is 0.0951. The third-order valence-electron chi connectivity index (χ3n) is 3.15. The molecule has 0 fully saturated rings. The highest BCUT2D eigenvalue weighted by Gasteiger charge is 2.14. The molecule has 0 bridgehead atoms. The van der Waals surface area contributed by atoms with Gasteiger partial charge in [-0.05, 0) is 26.0 Å². The molecule has 0 aliphatic carbocycles. The number of ether oxygens (including phenoxy) is 1. The molecule has 3 aromatic rings. The molecule has 2 aromatic carbocycles. The molecule has 1 heterocycles. The fourth-order valence-electron chi connectivity index (χ4n) is 2.29. The first kappa shape index (κ1) is 13.8. The van der Waals surface area contributed by atoms with Crippen molar-refractivity contribution in [1.82, 2.24) is 10.2 Å². The predicted molar refractivity (Wildman–Crippen MR) is 85.7 cm³/mol. The third kappa shape index (κ3) is 2.69. The minimum absolute atomic E-state index is 0.0951. The molecule has 3 rings (SSSR count). The van der Waals surface area contributed by atoms with Crippen LogP contribution in [0.5, 0.6) is 5.75 Å². The van der Waals surface area contributed by atoms with Crippen LogP contribution < -0.4 is 4.74 Å². The van der Waals surface area contributed by atoms with Gasteiger partial charge in [-0.1, -0.05) is 48.0 Å².